The number of nitrogens with zero attached hydrogens (tertiary/aromatic N) is 1. The molecule has 2 heterocycles. The Morgan fingerprint density at radius 1 is 1.25 bits per heavy atom. The Labute approximate surface area is 163 Å². The number of imide groups is 1. The summed E-state index contributed by atoms with van der Waals surface area (Å²) < 4.78 is 10.2. The van der Waals surface area contributed by atoms with Gasteiger partial charge in [-0.25, -0.2) is 4.79 Å². The summed E-state index contributed by atoms with van der Waals surface area (Å²) in [6.45, 7) is 1.32. The zero-order valence-corrected chi connectivity index (χ0v) is 15.7. The maximum atomic E-state index is 12.3. The molecule has 0 saturated carbocycles. The Morgan fingerprint density at radius 2 is 2.00 bits per heavy atom. The third-order valence-electron chi connectivity index (χ3n) is 4.03. The molecule has 9 heteroatoms. The number of furan rings is 1. The van der Waals surface area contributed by atoms with Crippen LogP contribution >= 0.6 is 11.8 Å². The van der Waals surface area contributed by atoms with Crippen molar-refractivity contribution in [3.8, 4) is 11.3 Å². The van der Waals surface area contributed by atoms with Crippen LogP contribution in [-0.4, -0.2) is 46.7 Å². The first kappa shape index (κ1) is 19.4. The number of aromatic carboxylic acids is 1. The largest absolute Gasteiger partial charge is 0.478 e. The highest BCUT2D eigenvalue weighted by Crippen LogP contribution is 2.33. The van der Waals surface area contributed by atoms with Crippen molar-refractivity contribution in [1.82, 2.24) is 4.90 Å². The summed E-state index contributed by atoms with van der Waals surface area (Å²) in [7, 11) is 1.17. The molecule has 0 aliphatic carbocycles. The molecule has 3 rings (SSSR count). The number of carbonyl (C=O) groups excluding carboxylic acids is 3. The normalized spacial score (nSPS) is 15.4. The predicted octanol–water partition coefficient (Wildman–Crippen LogP) is 3.16. The second-order valence-corrected chi connectivity index (χ2v) is 6.87. The number of rotatable bonds is 5. The highest BCUT2D eigenvalue weighted by Gasteiger charge is 2.36. The number of carboxylic acid groups (broad SMARTS) is 1. The van der Waals surface area contributed by atoms with Crippen molar-refractivity contribution in [1.29, 1.82) is 0 Å². The Hall–Kier alpha value is -3.33. The van der Waals surface area contributed by atoms with Crippen molar-refractivity contribution >= 4 is 40.9 Å². The van der Waals surface area contributed by atoms with E-state index < -0.39 is 29.6 Å². The molecule has 8 nitrogen and oxygen atoms in total. The van der Waals surface area contributed by atoms with E-state index in [2.05, 4.69) is 4.74 Å². The molecule has 1 N–H and O–H groups in total. The summed E-state index contributed by atoms with van der Waals surface area (Å²) >= 11 is 0.708. The van der Waals surface area contributed by atoms with Gasteiger partial charge in [0.25, 0.3) is 11.1 Å². The van der Waals surface area contributed by atoms with Gasteiger partial charge in [-0.15, -0.1) is 0 Å². The SMILES string of the molecule is COC(=O)CN1C(=O)SC(=Cc2ccc(-c3ccc(C(=O)O)cc3C)o2)C1=O. The number of esters is 1. The molecule has 0 radical (unpaired) electrons. The standard InChI is InChI=1S/C19H15NO7S/c1-10-7-11(18(23)24)3-5-13(10)14-6-4-12(27-14)8-15-17(22)20(19(25)28-15)9-16(21)26-2/h3-8H,9H2,1-2H3,(H,23,24). The number of benzene rings is 1. The molecule has 1 aliphatic heterocycles. The third kappa shape index (κ3) is 3.84. The first-order valence-corrected chi connectivity index (χ1v) is 8.88. The van der Waals surface area contributed by atoms with Crippen molar-refractivity contribution in [2.45, 2.75) is 6.92 Å². The third-order valence-corrected chi connectivity index (χ3v) is 4.93. The number of carbonyl (C=O) groups is 4. The van der Waals surface area contributed by atoms with Gasteiger partial charge >= 0.3 is 11.9 Å². The molecule has 1 aliphatic rings. The monoisotopic (exact) mass is 401 g/mol. The van der Waals surface area contributed by atoms with Gasteiger partial charge < -0.3 is 14.3 Å². The van der Waals surface area contributed by atoms with Crippen LogP contribution in [-0.2, 0) is 14.3 Å². The van der Waals surface area contributed by atoms with E-state index in [1.54, 1.807) is 25.1 Å². The number of carboxylic acids is 1. The molecule has 0 atom stereocenters. The molecule has 1 aromatic heterocycles. The predicted molar refractivity (Wildman–Crippen MR) is 101 cm³/mol. The molecule has 2 amide bonds. The summed E-state index contributed by atoms with van der Waals surface area (Å²) in [5, 5.41) is 8.48. The number of hydrogen-bond donors (Lipinski definition) is 1. The highest BCUT2D eigenvalue weighted by atomic mass is 32.2. The van der Waals surface area contributed by atoms with Crippen LogP contribution in [0.15, 0.2) is 39.7 Å². The van der Waals surface area contributed by atoms with Crippen molar-refractivity contribution in [3.05, 3.63) is 52.1 Å². The number of thioether (sulfide) groups is 1. The van der Waals surface area contributed by atoms with Crippen LogP contribution in [0.3, 0.4) is 0 Å². The maximum absolute atomic E-state index is 12.3. The van der Waals surface area contributed by atoms with Crippen LogP contribution in [0, 0.1) is 6.92 Å². The van der Waals surface area contributed by atoms with E-state index >= 15 is 0 Å². The Kier molecular flexibility index (Phi) is 5.36. The van der Waals surface area contributed by atoms with E-state index in [4.69, 9.17) is 9.52 Å². The fourth-order valence-corrected chi connectivity index (χ4v) is 3.43. The summed E-state index contributed by atoms with van der Waals surface area (Å²) in [5.41, 5.74) is 1.61. The molecular weight excluding hydrogens is 386 g/mol. The molecule has 1 aromatic carbocycles. The second-order valence-electron chi connectivity index (χ2n) is 5.88. The van der Waals surface area contributed by atoms with Gasteiger partial charge in [-0.05, 0) is 48.5 Å². The van der Waals surface area contributed by atoms with Crippen molar-refractivity contribution in [3.63, 3.8) is 0 Å². The van der Waals surface area contributed by atoms with Crippen LogP contribution in [0.5, 0.6) is 0 Å². The average Bonchev–Trinajstić information content (AvgIpc) is 3.21. The van der Waals surface area contributed by atoms with E-state index in [1.807, 2.05) is 0 Å². The Balaban J connectivity index is 1.83. The van der Waals surface area contributed by atoms with Crippen molar-refractivity contribution in [2.75, 3.05) is 13.7 Å². The topological polar surface area (TPSA) is 114 Å². The minimum atomic E-state index is -1.02. The molecule has 2 aromatic rings. The lowest BCUT2D eigenvalue weighted by atomic mass is 10.0. The van der Waals surface area contributed by atoms with E-state index in [-0.39, 0.29) is 10.5 Å². The number of ether oxygens (including phenoxy) is 1. The van der Waals surface area contributed by atoms with Crippen LogP contribution in [0.4, 0.5) is 4.79 Å². The summed E-state index contributed by atoms with van der Waals surface area (Å²) in [5.74, 6) is -1.46. The smallest absolute Gasteiger partial charge is 0.335 e. The van der Waals surface area contributed by atoms with Crippen molar-refractivity contribution in [2.24, 2.45) is 0 Å². The molecular formula is C19H15NO7S. The molecule has 1 fully saturated rings. The lowest BCUT2D eigenvalue weighted by Crippen LogP contribution is -2.34. The summed E-state index contributed by atoms with van der Waals surface area (Å²) in [6, 6.07) is 7.98. The van der Waals surface area contributed by atoms with Gasteiger partial charge in [0.2, 0.25) is 0 Å². The maximum Gasteiger partial charge on any atom is 0.335 e. The second kappa shape index (κ2) is 7.73. The number of amides is 2. The van der Waals surface area contributed by atoms with E-state index in [1.165, 1.54) is 25.3 Å². The number of methoxy groups -OCH3 is 1. The lowest BCUT2D eigenvalue weighted by Gasteiger charge is -2.09. The number of aryl methyl sites for hydroxylation is 1. The molecule has 0 bridgehead atoms. The molecule has 0 unspecified atom stereocenters. The molecule has 1 saturated heterocycles. The van der Waals surface area contributed by atoms with Gasteiger partial charge in [0.15, 0.2) is 0 Å². The average molecular weight is 401 g/mol. The fraction of sp³-hybridized carbons (Fsp3) is 0.158. The van der Waals surface area contributed by atoms with Gasteiger partial charge in [-0.3, -0.25) is 19.3 Å². The highest BCUT2D eigenvalue weighted by molar-refractivity contribution is 8.18. The lowest BCUT2D eigenvalue weighted by molar-refractivity contribution is -0.143. The molecule has 0 spiro atoms. The van der Waals surface area contributed by atoms with Crippen LogP contribution in [0.2, 0.25) is 0 Å². The minimum absolute atomic E-state index is 0.132. The zero-order valence-electron chi connectivity index (χ0n) is 14.9. The molecule has 144 valence electrons. The number of hydrogen-bond acceptors (Lipinski definition) is 7. The first-order valence-electron chi connectivity index (χ1n) is 8.06. The first-order chi connectivity index (χ1) is 13.3. The van der Waals surface area contributed by atoms with E-state index in [9.17, 15) is 19.2 Å². The van der Waals surface area contributed by atoms with Gasteiger partial charge in [-0.2, -0.15) is 0 Å². The summed E-state index contributed by atoms with van der Waals surface area (Å²) in [6.07, 6.45) is 1.42. The Morgan fingerprint density at radius 3 is 2.64 bits per heavy atom. The van der Waals surface area contributed by atoms with Crippen molar-refractivity contribution < 1.29 is 33.4 Å². The van der Waals surface area contributed by atoms with Crippen LogP contribution in [0.1, 0.15) is 21.7 Å². The van der Waals surface area contributed by atoms with Gasteiger partial charge in [0, 0.05) is 11.6 Å². The van der Waals surface area contributed by atoms with Gasteiger partial charge in [-0.1, -0.05) is 6.07 Å². The quantitative estimate of drug-likeness (QED) is 0.600. The van der Waals surface area contributed by atoms with Gasteiger partial charge in [0.1, 0.15) is 18.1 Å². The minimum Gasteiger partial charge on any atom is -0.478 e. The molecule has 28 heavy (non-hydrogen) atoms. The van der Waals surface area contributed by atoms with E-state index in [0.717, 1.165) is 10.5 Å². The summed E-state index contributed by atoms with van der Waals surface area (Å²) in [4.78, 5) is 47.6. The Bertz CT molecular complexity index is 1020. The van der Waals surface area contributed by atoms with E-state index in [0.29, 0.717) is 28.8 Å². The van der Waals surface area contributed by atoms with Crippen LogP contribution in [0.25, 0.3) is 17.4 Å². The fourth-order valence-electron chi connectivity index (χ4n) is 2.61. The van der Waals surface area contributed by atoms with Gasteiger partial charge in [0.05, 0.1) is 17.6 Å². The zero-order chi connectivity index (χ0) is 20.4. The van der Waals surface area contributed by atoms with Crippen LogP contribution < -0.4 is 0 Å².